The minimum Gasteiger partial charge on any atom is -0.208 e. The molecule has 0 fully saturated rings. The van der Waals surface area contributed by atoms with Crippen molar-refractivity contribution in [2.24, 2.45) is 0 Å². The van der Waals surface area contributed by atoms with Gasteiger partial charge in [-0.3, -0.25) is 0 Å². The molecule has 6 heteroatoms. The van der Waals surface area contributed by atoms with Gasteiger partial charge < -0.3 is 0 Å². The van der Waals surface area contributed by atoms with E-state index in [1.165, 1.54) is 0 Å². The maximum Gasteiger partial charge on any atom is 0.243 e. The van der Waals surface area contributed by atoms with E-state index in [4.69, 9.17) is 0 Å². The van der Waals surface area contributed by atoms with Crippen molar-refractivity contribution in [3.8, 4) is 0 Å². The Morgan fingerprint density at radius 3 is 2.58 bits per heavy atom. The van der Waals surface area contributed by atoms with Crippen molar-refractivity contribution < 1.29 is 17.2 Å². The van der Waals surface area contributed by atoms with E-state index in [0.717, 1.165) is 31.4 Å². The second kappa shape index (κ2) is 6.96. The van der Waals surface area contributed by atoms with E-state index >= 15 is 0 Å². The van der Waals surface area contributed by atoms with Crippen molar-refractivity contribution in [2.75, 3.05) is 0 Å². The molecule has 0 bridgehead atoms. The lowest BCUT2D eigenvalue weighted by Crippen LogP contribution is -2.33. The van der Waals surface area contributed by atoms with Crippen molar-refractivity contribution in [3.05, 3.63) is 29.8 Å². The molecule has 1 aromatic rings. The third-order valence-corrected chi connectivity index (χ3v) is 4.38. The molecule has 1 atom stereocenters. The summed E-state index contributed by atoms with van der Waals surface area (Å²) in [6.07, 6.45) is 3.62. The molecule has 3 nitrogen and oxygen atoms in total. The lowest BCUT2D eigenvalue weighted by atomic mass is 10.1. The summed E-state index contributed by atoms with van der Waals surface area (Å²) in [6.45, 7) is 3.77. The minimum atomic E-state index is -4.01. The molecule has 108 valence electrons. The Labute approximate surface area is 113 Å². The van der Waals surface area contributed by atoms with Crippen molar-refractivity contribution in [1.29, 1.82) is 0 Å². The first-order chi connectivity index (χ1) is 8.86. The zero-order valence-electron chi connectivity index (χ0n) is 11.1. The largest absolute Gasteiger partial charge is 0.243 e. The van der Waals surface area contributed by atoms with Crippen LogP contribution in [0, 0.1) is 11.6 Å². The minimum absolute atomic E-state index is 0.306. The van der Waals surface area contributed by atoms with Gasteiger partial charge in [-0.15, -0.1) is 0 Å². The van der Waals surface area contributed by atoms with Crippen LogP contribution >= 0.6 is 0 Å². The molecule has 0 heterocycles. The van der Waals surface area contributed by atoms with Crippen molar-refractivity contribution in [1.82, 2.24) is 4.72 Å². The van der Waals surface area contributed by atoms with E-state index in [2.05, 4.69) is 11.6 Å². The van der Waals surface area contributed by atoms with Gasteiger partial charge in [0.25, 0.3) is 0 Å². The van der Waals surface area contributed by atoms with Crippen molar-refractivity contribution in [2.45, 2.75) is 50.5 Å². The van der Waals surface area contributed by atoms with Crippen LogP contribution in [0.3, 0.4) is 0 Å². The molecule has 0 saturated carbocycles. The first kappa shape index (κ1) is 16.0. The number of nitrogens with one attached hydrogen (secondary N) is 1. The molecule has 0 aliphatic rings. The van der Waals surface area contributed by atoms with Crippen LogP contribution in [-0.2, 0) is 10.0 Å². The molecule has 1 unspecified atom stereocenters. The predicted octanol–water partition coefficient (Wildman–Crippen LogP) is 3.21. The van der Waals surface area contributed by atoms with Gasteiger partial charge in [0, 0.05) is 6.04 Å². The van der Waals surface area contributed by atoms with Crippen LogP contribution in [0.4, 0.5) is 8.78 Å². The first-order valence-corrected chi connectivity index (χ1v) is 7.82. The second-order valence-electron chi connectivity index (χ2n) is 4.59. The Morgan fingerprint density at radius 1 is 1.26 bits per heavy atom. The summed E-state index contributed by atoms with van der Waals surface area (Å²) < 4.78 is 52.7. The fraction of sp³-hybridized carbons (Fsp3) is 0.538. The highest BCUT2D eigenvalue weighted by Gasteiger charge is 2.21. The van der Waals surface area contributed by atoms with Gasteiger partial charge in [0.05, 0.1) is 0 Å². The quantitative estimate of drug-likeness (QED) is 0.784. The fourth-order valence-electron chi connectivity index (χ4n) is 1.77. The van der Waals surface area contributed by atoms with Crippen LogP contribution in [0.15, 0.2) is 23.1 Å². The van der Waals surface area contributed by atoms with E-state index in [9.17, 15) is 17.2 Å². The van der Waals surface area contributed by atoms with Crippen LogP contribution in [0.5, 0.6) is 0 Å². The SMILES string of the molecule is CCCCCC(C)NS(=O)(=O)c1cc(F)ccc1F. The van der Waals surface area contributed by atoms with E-state index in [-0.39, 0.29) is 6.04 Å². The normalized spacial score (nSPS) is 13.5. The molecule has 0 radical (unpaired) electrons. The predicted molar refractivity (Wildman–Crippen MR) is 70.3 cm³/mol. The summed E-state index contributed by atoms with van der Waals surface area (Å²) in [4.78, 5) is -0.644. The third-order valence-electron chi connectivity index (χ3n) is 2.78. The molecular weight excluding hydrogens is 272 g/mol. The van der Waals surface area contributed by atoms with Gasteiger partial charge in [-0.25, -0.2) is 21.9 Å². The van der Waals surface area contributed by atoms with Gasteiger partial charge >= 0.3 is 0 Å². The smallest absolute Gasteiger partial charge is 0.208 e. The van der Waals surface area contributed by atoms with Crippen molar-refractivity contribution in [3.63, 3.8) is 0 Å². The molecule has 0 aromatic heterocycles. The standard InChI is InChI=1S/C13H19F2NO2S/c1-3-4-5-6-10(2)16-19(17,18)13-9-11(14)7-8-12(13)15/h7-10,16H,3-6H2,1-2H3. The number of unbranched alkanes of at least 4 members (excludes halogenated alkanes) is 2. The van der Waals surface area contributed by atoms with Gasteiger partial charge in [-0.2, -0.15) is 0 Å². The average Bonchev–Trinajstić information content (AvgIpc) is 2.32. The van der Waals surface area contributed by atoms with E-state index in [0.29, 0.717) is 12.5 Å². The summed E-state index contributed by atoms with van der Waals surface area (Å²) in [6, 6.07) is 2.08. The third kappa shape index (κ3) is 4.87. The number of hydrogen-bond donors (Lipinski definition) is 1. The Kier molecular flexibility index (Phi) is 5.87. The number of rotatable bonds is 7. The molecule has 0 aliphatic heterocycles. The Hall–Kier alpha value is -1.01. The average molecular weight is 291 g/mol. The molecular formula is C13H19F2NO2S. The summed E-state index contributed by atoms with van der Waals surface area (Å²) in [7, 11) is -4.01. The van der Waals surface area contributed by atoms with Gasteiger partial charge in [-0.05, 0) is 31.5 Å². The van der Waals surface area contributed by atoms with Crippen molar-refractivity contribution >= 4 is 10.0 Å². The fourth-order valence-corrected chi connectivity index (χ4v) is 3.14. The summed E-state index contributed by atoms with van der Waals surface area (Å²) in [5.41, 5.74) is 0. The Balaban J connectivity index is 2.78. The zero-order valence-corrected chi connectivity index (χ0v) is 11.9. The highest BCUT2D eigenvalue weighted by atomic mass is 32.2. The highest BCUT2D eigenvalue weighted by Crippen LogP contribution is 2.16. The van der Waals surface area contributed by atoms with Crippen LogP contribution in [-0.4, -0.2) is 14.5 Å². The topological polar surface area (TPSA) is 46.2 Å². The molecule has 0 amide bonds. The van der Waals surface area contributed by atoms with Gasteiger partial charge in [0.2, 0.25) is 10.0 Å². The van der Waals surface area contributed by atoms with Gasteiger partial charge in [0.15, 0.2) is 0 Å². The summed E-state index contributed by atoms with van der Waals surface area (Å²) in [5.74, 6) is -1.73. The first-order valence-electron chi connectivity index (χ1n) is 6.34. The molecule has 19 heavy (non-hydrogen) atoms. The van der Waals surface area contributed by atoms with Crippen LogP contribution in [0.2, 0.25) is 0 Å². The maximum absolute atomic E-state index is 13.4. The molecule has 1 aromatic carbocycles. The molecule has 0 saturated heterocycles. The monoisotopic (exact) mass is 291 g/mol. The lowest BCUT2D eigenvalue weighted by molar-refractivity contribution is 0.515. The van der Waals surface area contributed by atoms with E-state index in [1.807, 2.05) is 0 Å². The Bertz CT molecular complexity index is 517. The lowest BCUT2D eigenvalue weighted by Gasteiger charge is -2.14. The molecule has 1 N–H and O–H groups in total. The number of sulfonamides is 1. The van der Waals surface area contributed by atoms with E-state index in [1.54, 1.807) is 6.92 Å². The van der Waals surface area contributed by atoms with Crippen LogP contribution in [0.25, 0.3) is 0 Å². The summed E-state index contributed by atoms with van der Waals surface area (Å²) in [5, 5.41) is 0. The number of benzene rings is 1. The summed E-state index contributed by atoms with van der Waals surface area (Å²) >= 11 is 0. The van der Waals surface area contributed by atoms with Crippen LogP contribution < -0.4 is 4.72 Å². The van der Waals surface area contributed by atoms with Gasteiger partial charge in [-0.1, -0.05) is 26.2 Å². The number of halogens is 2. The zero-order chi connectivity index (χ0) is 14.5. The number of hydrogen-bond acceptors (Lipinski definition) is 2. The molecule has 0 spiro atoms. The van der Waals surface area contributed by atoms with Gasteiger partial charge in [0.1, 0.15) is 16.5 Å². The van der Waals surface area contributed by atoms with E-state index < -0.39 is 26.6 Å². The Morgan fingerprint density at radius 2 is 1.95 bits per heavy atom. The maximum atomic E-state index is 13.4. The highest BCUT2D eigenvalue weighted by molar-refractivity contribution is 7.89. The molecule has 0 aliphatic carbocycles. The second-order valence-corrected chi connectivity index (χ2v) is 6.28. The molecule has 1 rings (SSSR count). The van der Waals surface area contributed by atoms with Crippen LogP contribution in [0.1, 0.15) is 39.5 Å².